The fourth-order valence-electron chi connectivity index (χ4n) is 0.812. The molecule has 0 heterocycles. The molecule has 1 rings (SSSR count). The number of nitrogen functional groups attached to an aromatic ring is 1. The quantitative estimate of drug-likeness (QED) is 0.637. The summed E-state index contributed by atoms with van der Waals surface area (Å²) in [5.41, 5.74) is 5.87. The number of benzene rings is 1. The summed E-state index contributed by atoms with van der Waals surface area (Å²) in [6, 6.07) is 4.57. The molecule has 0 aromatic heterocycles. The number of rotatable bonds is 3. The van der Waals surface area contributed by atoms with Crippen molar-refractivity contribution in [3.8, 4) is 11.5 Å². The normalized spacial score (nSPS) is 9.00. The standard InChI is InChI=1S/C8H11NO3.ClH/c9-6-1-2-8(7(11)5-6)12-4-3-10;/h1-2,5,10-11H,3-4,9H2;1H. The first-order chi connectivity index (χ1) is 5.74. The van der Waals surface area contributed by atoms with Gasteiger partial charge in [-0.05, 0) is 12.1 Å². The molecule has 5 heteroatoms. The minimum atomic E-state index is -0.0795. The predicted octanol–water partition coefficient (Wildman–Crippen LogP) is 0.767. The van der Waals surface area contributed by atoms with E-state index in [2.05, 4.69) is 0 Å². The van der Waals surface area contributed by atoms with Gasteiger partial charge in [0.1, 0.15) is 6.61 Å². The minimum Gasteiger partial charge on any atom is -0.504 e. The van der Waals surface area contributed by atoms with Crippen molar-refractivity contribution in [3.63, 3.8) is 0 Å². The zero-order chi connectivity index (χ0) is 8.97. The molecule has 1 aromatic rings. The number of hydrogen-bond acceptors (Lipinski definition) is 4. The zero-order valence-corrected chi connectivity index (χ0v) is 7.75. The minimum absolute atomic E-state index is 0. The Morgan fingerprint density at radius 2 is 2.08 bits per heavy atom. The van der Waals surface area contributed by atoms with E-state index in [9.17, 15) is 5.11 Å². The molecular weight excluding hydrogens is 194 g/mol. The van der Waals surface area contributed by atoms with E-state index in [1.165, 1.54) is 6.07 Å². The van der Waals surface area contributed by atoms with Gasteiger partial charge in [-0.3, -0.25) is 0 Å². The van der Waals surface area contributed by atoms with Crippen LogP contribution in [-0.2, 0) is 0 Å². The van der Waals surface area contributed by atoms with Gasteiger partial charge in [-0.25, -0.2) is 0 Å². The van der Waals surface area contributed by atoms with Crippen molar-refractivity contribution in [3.05, 3.63) is 18.2 Å². The maximum absolute atomic E-state index is 9.23. The van der Waals surface area contributed by atoms with Crippen LogP contribution in [0.4, 0.5) is 5.69 Å². The van der Waals surface area contributed by atoms with Crippen molar-refractivity contribution in [2.75, 3.05) is 18.9 Å². The lowest BCUT2D eigenvalue weighted by Gasteiger charge is -2.06. The first kappa shape index (κ1) is 11.9. The SMILES string of the molecule is Cl.Nc1ccc(OCCO)c(O)c1. The third kappa shape index (κ3) is 3.40. The van der Waals surface area contributed by atoms with Gasteiger partial charge >= 0.3 is 0 Å². The molecule has 0 saturated carbocycles. The van der Waals surface area contributed by atoms with Crippen LogP contribution in [0, 0.1) is 0 Å². The third-order valence-corrected chi connectivity index (χ3v) is 1.33. The largest absolute Gasteiger partial charge is 0.504 e. The van der Waals surface area contributed by atoms with Crippen molar-refractivity contribution in [2.45, 2.75) is 0 Å². The smallest absolute Gasteiger partial charge is 0.161 e. The summed E-state index contributed by atoms with van der Waals surface area (Å²) in [7, 11) is 0. The Labute approximate surface area is 82.4 Å². The second-order valence-electron chi connectivity index (χ2n) is 2.30. The van der Waals surface area contributed by atoms with E-state index in [4.69, 9.17) is 15.6 Å². The van der Waals surface area contributed by atoms with Crippen LogP contribution in [0.3, 0.4) is 0 Å². The summed E-state index contributed by atoms with van der Waals surface area (Å²) < 4.78 is 4.99. The van der Waals surface area contributed by atoms with Crippen LogP contribution >= 0.6 is 12.4 Å². The summed E-state index contributed by atoms with van der Waals surface area (Å²) in [5.74, 6) is 0.321. The third-order valence-electron chi connectivity index (χ3n) is 1.33. The molecule has 0 fully saturated rings. The molecule has 0 aliphatic carbocycles. The van der Waals surface area contributed by atoms with Crippen LogP contribution in [0.1, 0.15) is 0 Å². The van der Waals surface area contributed by atoms with Crippen molar-refractivity contribution < 1.29 is 14.9 Å². The van der Waals surface area contributed by atoms with Crippen LogP contribution in [0.15, 0.2) is 18.2 Å². The van der Waals surface area contributed by atoms with Gasteiger partial charge < -0.3 is 20.7 Å². The fraction of sp³-hybridized carbons (Fsp3) is 0.250. The predicted molar refractivity (Wildman–Crippen MR) is 52.3 cm³/mol. The first-order valence-corrected chi connectivity index (χ1v) is 3.56. The van der Waals surface area contributed by atoms with Gasteiger partial charge in [0.25, 0.3) is 0 Å². The lowest BCUT2D eigenvalue weighted by atomic mass is 10.3. The van der Waals surface area contributed by atoms with E-state index in [0.717, 1.165) is 0 Å². The summed E-state index contributed by atoms with van der Waals surface area (Å²) in [4.78, 5) is 0. The molecule has 4 nitrogen and oxygen atoms in total. The first-order valence-electron chi connectivity index (χ1n) is 3.56. The molecule has 13 heavy (non-hydrogen) atoms. The maximum Gasteiger partial charge on any atom is 0.161 e. The summed E-state index contributed by atoms with van der Waals surface area (Å²) in [6.07, 6.45) is 0. The van der Waals surface area contributed by atoms with E-state index < -0.39 is 0 Å². The number of nitrogens with two attached hydrogens (primary N) is 1. The number of aliphatic hydroxyl groups excluding tert-OH is 1. The highest BCUT2D eigenvalue weighted by Gasteiger charge is 2.00. The van der Waals surface area contributed by atoms with Crippen LogP contribution in [0.5, 0.6) is 11.5 Å². The van der Waals surface area contributed by atoms with Gasteiger partial charge in [-0.15, -0.1) is 12.4 Å². The Hall–Kier alpha value is -1.13. The van der Waals surface area contributed by atoms with E-state index in [-0.39, 0.29) is 31.4 Å². The van der Waals surface area contributed by atoms with E-state index in [0.29, 0.717) is 11.4 Å². The van der Waals surface area contributed by atoms with Gasteiger partial charge in [0.15, 0.2) is 11.5 Å². The Morgan fingerprint density at radius 1 is 1.38 bits per heavy atom. The fourth-order valence-corrected chi connectivity index (χ4v) is 0.812. The van der Waals surface area contributed by atoms with Crippen LogP contribution in [-0.4, -0.2) is 23.4 Å². The van der Waals surface area contributed by atoms with Crippen molar-refractivity contribution in [1.82, 2.24) is 0 Å². The van der Waals surface area contributed by atoms with Gasteiger partial charge in [-0.1, -0.05) is 0 Å². The number of phenols is 1. The Balaban J connectivity index is 0.00000144. The molecule has 0 saturated heterocycles. The van der Waals surface area contributed by atoms with Gasteiger partial charge in [0, 0.05) is 11.8 Å². The van der Waals surface area contributed by atoms with Crippen LogP contribution in [0.2, 0.25) is 0 Å². The molecule has 0 aliphatic rings. The van der Waals surface area contributed by atoms with Crippen molar-refractivity contribution >= 4 is 18.1 Å². The molecule has 0 amide bonds. The Morgan fingerprint density at radius 3 is 2.62 bits per heavy atom. The number of anilines is 1. The Bertz CT molecular complexity index is 268. The van der Waals surface area contributed by atoms with Gasteiger partial charge in [0.05, 0.1) is 6.61 Å². The number of ether oxygens (including phenoxy) is 1. The summed E-state index contributed by atoms with van der Waals surface area (Å²) in [5, 5.41) is 17.7. The number of aliphatic hydroxyl groups is 1. The number of hydrogen-bond donors (Lipinski definition) is 3. The molecule has 4 N–H and O–H groups in total. The summed E-state index contributed by atoms with van der Waals surface area (Å²) in [6.45, 7) is 0.0846. The average Bonchev–Trinajstić information content (AvgIpc) is 2.03. The topological polar surface area (TPSA) is 75.7 Å². The molecule has 1 aromatic carbocycles. The second kappa shape index (κ2) is 5.50. The molecule has 0 radical (unpaired) electrons. The van der Waals surface area contributed by atoms with E-state index >= 15 is 0 Å². The van der Waals surface area contributed by atoms with Gasteiger partial charge in [0.2, 0.25) is 0 Å². The Kier molecular flexibility index (Phi) is 5.03. The van der Waals surface area contributed by atoms with Crippen molar-refractivity contribution in [1.29, 1.82) is 0 Å². The van der Waals surface area contributed by atoms with E-state index in [1.54, 1.807) is 12.1 Å². The van der Waals surface area contributed by atoms with Crippen molar-refractivity contribution in [2.24, 2.45) is 0 Å². The lowest BCUT2D eigenvalue weighted by molar-refractivity contribution is 0.197. The molecule has 0 spiro atoms. The number of halogens is 1. The molecular formula is C8H12ClNO3. The average molecular weight is 206 g/mol. The highest BCUT2D eigenvalue weighted by atomic mass is 35.5. The second-order valence-corrected chi connectivity index (χ2v) is 2.30. The molecule has 0 atom stereocenters. The molecule has 0 aliphatic heterocycles. The monoisotopic (exact) mass is 205 g/mol. The molecule has 0 unspecified atom stereocenters. The van der Waals surface area contributed by atoms with E-state index in [1.807, 2.05) is 0 Å². The van der Waals surface area contributed by atoms with Crippen LogP contribution < -0.4 is 10.5 Å². The molecule has 0 bridgehead atoms. The zero-order valence-electron chi connectivity index (χ0n) is 6.93. The highest BCUT2D eigenvalue weighted by molar-refractivity contribution is 5.85. The van der Waals surface area contributed by atoms with Crippen LogP contribution in [0.25, 0.3) is 0 Å². The number of aromatic hydroxyl groups is 1. The maximum atomic E-state index is 9.23. The van der Waals surface area contributed by atoms with Gasteiger partial charge in [-0.2, -0.15) is 0 Å². The number of phenolic OH excluding ortho intramolecular Hbond substituents is 1. The summed E-state index contributed by atoms with van der Waals surface area (Å²) >= 11 is 0. The lowest BCUT2D eigenvalue weighted by Crippen LogP contribution is -2.01. The molecule has 74 valence electrons. The highest BCUT2D eigenvalue weighted by Crippen LogP contribution is 2.27.